The Kier molecular flexibility index (Phi) is 6.75. The van der Waals surface area contributed by atoms with E-state index in [2.05, 4.69) is 4.98 Å². The van der Waals surface area contributed by atoms with Crippen molar-refractivity contribution >= 4 is 44.4 Å². The van der Waals surface area contributed by atoms with Gasteiger partial charge >= 0.3 is 0 Å². The number of nitro groups is 1. The third-order valence-corrected chi connectivity index (χ3v) is 5.90. The second-order valence-electron chi connectivity index (χ2n) is 7.15. The van der Waals surface area contributed by atoms with Crippen molar-refractivity contribution < 1.29 is 14.5 Å². The van der Waals surface area contributed by atoms with E-state index in [0.29, 0.717) is 23.8 Å². The van der Waals surface area contributed by atoms with Gasteiger partial charge in [-0.1, -0.05) is 41.7 Å². The highest BCUT2D eigenvalue weighted by molar-refractivity contribution is 7.22. The number of nitro benzene ring substituents is 1. The lowest BCUT2D eigenvalue weighted by molar-refractivity contribution is -0.384. The minimum absolute atomic E-state index is 0.00470. The molecule has 1 amide bonds. The predicted molar refractivity (Wildman–Crippen MR) is 131 cm³/mol. The SMILES string of the molecule is CCOc1ccc2nc(N(Cc3ccccc3)C(=O)/C=C/c3ccc([N+](=O)[O-])cc3)sc2c1. The smallest absolute Gasteiger partial charge is 0.269 e. The van der Waals surface area contributed by atoms with Gasteiger partial charge in [-0.2, -0.15) is 0 Å². The van der Waals surface area contributed by atoms with Gasteiger partial charge in [-0.25, -0.2) is 4.98 Å². The topological polar surface area (TPSA) is 85.6 Å². The minimum Gasteiger partial charge on any atom is -0.494 e. The lowest BCUT2D eigenvalue weighted by Crippen LogP contribution is -2.28. The average Bonchev–Trinajstić information content (AvgIpc) is 3.25. The van der Waals surface area contributed by atoms with Crippen molar-refractivity contribution in [2.75, 3.05) is 11.5 Å². The van der Waals surface area contributed by atoms with Crippen LogP contribution in [0.2, 0.25) is 0 Å². The number of thiazole rings is 1. The molecule has 4 aromatic rings. The maximum absolute atomic E-state index is 13.2. The van der Waals surface area contributed by atoms with E-state index >= 15 is 0 Å². The zero-order chi connectivity index (χ0) is 23.2. The Hall–Kier alpha value is -4.04. The molecule has 0 unspecified atom stereocenters. The highest BCUT2D eigenvalue weighted by Gasteiger charge is 2.19. The summed E-state index contributed by atoms with van der Waals surface area (Å²) in [5, 5.41) is 11.4. The maximum atomic E-state index is 13.2. The first-order valence-corrected chi connectivity index (χ1v) is 11.2. The third kappa shape index (κ3) is 5.42. The van der Waals surface area contributed by atoms with Crippen molar-refractivity contribution in [1.82, 2.24) is 4.98 Å². The summed E-state index contributed by atoms with van der Waals surface area (Å²) in [4.78, 5) is 29.9. The van der Waals surface area contributed by atoms with Crippen molar-refractivity contribution in [2.24, 2.45) is 0 Å². The zero-order valence-corrected chi connectivity index (χ0v) is 18.7. The number of nitrogens with zero attached hydrogens (tertiary/aromatic N) is 3. The summed E-state index contributed by atoms with van der Waals surface area (Å²) in [6.07, 6.45) is 3.10. The van der Waals surface area contributed by atoms with E-state index in [1.165, 1.54) is 29.5 Å². The molecule has 33 heavy (non-hydrogen) atoms. The van der Waals surface area contributed by atoms with Crippen LogP contribution in [0.15, 0.2) is 78.9 Å². The highest BCUT2D eigenvalue weighted by Crippen LogP contribution is 2.32. The number of non-ortho nitro benzene ring substituents is 1. The summed E-state index contributed by atoms with van der Waals surface area (Å²) < 4.78 is 6.51. The van der Waals surface area contributed by atoms with Crippen molar-refractivity contribution in [3.8, 4) is 5.75 Å². The number of hydrogen-bond acceptors (Lipinski definition) is 6. The normalized spacial score (nSPS) is 11.1. The molecule has 7 nitrogen and oxygen atoms in total. The molecule has 0 saturated carbocycles. The van der Waals surface area contributed by atoms with Crippen LogP contribution < -0.4 is 9.64 Å². The van der Waals surface area contributed by atoms with E-state index in [9.17, 15) is 14.9 Å². The van der Waals surface area contributed by atoms with Crippen molar-refractivity contribution in [3.63, 3.8) is 0 Å². The van der Waals surface area contributed by atoms with E-state index in [4.69, 9.17) is 4.74 Å². The number of aromatic nitrogens is 1. The van der Waals surface area contributed by atoms with Crippen LogP contribution in [0.5, 0.6) is 5.75 Å². The molecule has 3 aromatic carbocycles. The van der Waals surface area contributed by atoms with E-state index in [0.717, 1.165) is 21.5 Å². The van der Waals surface area contributed by atoms with Gasteiger partial charge in [0.25, 0.3) is 11.6 Å². The van der Waals surface area contributed by atoms with Crippen LogP contribution in [0.3, 0.4) is 0 Å². The van der Waals surface area contributed by atoms with Crippen LogP contribution >= 0.6 is 11.3 Å². The molecule has 0 N–H and O–H groups in total. The Morgan fingerprint density at radius 2 is 1.88 bits per heavy atom. The van der Waals surface area contributed by atoms with Crippen LogP contribution in [-0.2, 0) is 11.3 Å². The van der Waals surface area contributed by atoms with Crippen LogP contribution in [0.1, 0.15) is 18.1 Å². The zero-order valence-electron chi connectivity index (χ0n) is 17.9. The van der Waals surface area contributed by atoms with E-state index in [1.807, 2.05) is 55.5 Å². The van der Waals surface area contributed by atoms with Gasteiger partial charge in [0.2, 0.25) is 0 Å². The Bertz CT molecular complexity index is 1300. The van der Waals surface area contributed by atoms with Crippen LogP contribution in [0.25, 0.3) is 16.3 Å². The maximum Gasteiger partial charge on any atom is 0.269 e. The van der Waals surface area contributed by atoms with Crippen molar-refractivity contribution in [2.45, 2.75) is 13.5 Å². The van der Waals surface area contributed by atoms with Gasteiger partial charge < -0.3 is 4.74 Å². The molecular weight excluding hydrogens is 438 g/mol. The third-order valence-electron chi connectivity index (χ3n) is 4.86. The molecule has 0 atom stereocenters. The standard InChI is InChI=1S/C25H21N3O4S/c1-2-32-21-13-14-22-23(16-21)33-25(26-22)27(17-19-6-4-3-5-7-19)24(29)15-10-18-8-11-20(12-9-18)28(30)31/h3-16H,2,17H2,1H3/b15-10+. The molecule has 0 bridgehead atoms. The van der Waals surface area contributed by atoms with Gasteiger partial charge in [-0.3, -0.25) is 19.8 Å². The van der Waals surface area contributed by atoms with Gasteiger partial charge in [0.05, 0.1) is 28.3 Å². The number of anilines is 1. The summed E-state index contributed by atoms with van der Waals surface area (Å²) in [6.45, 7) is 2.87. The Balaban J connectivity index is 1.63. The Morgan fingerprint density at radius 1 is 1.12 bits per heavy atom. The fourth-order valence-electron chi connectivity index (χ4n) is 3.24. The number of fused-ring (bicyclic) bond motifs is 1. The molecule has 0 fully saturated rings. The summed E-state index contributed by atoms with van der Waals surface area (Å²) in [7, 11) is 0. The van der Waals surface area contributed by atoms with Crippen LogP contribution in [0.4, 0.5) is 10.8 Å². The van der Waals surface area contributed by atoms with Crippen LogP contribution in [0, 0.1) is 10.1 Å². The molecule has 0 aliphatic heterocycles. The Morgan fingerprint density at radius 3 is 2.58 bits per heavy atom. The molecular formula is C25H21N3O4S. The predicted octanol–water partition coefficient (Wildman–Crippen LogP) is 5.85. The van der Waals surface area contributed by atoms with Crippen molar-refractivity contribution in [3.05, 3.63) is 100 Å². The molecule has 1 aromatic heterocycles. The molecule has 0 saturated heterocycles. The summed E-state index contributed by atoms with van der Waals surface area (Å²) in [6, 6.07) is 21.4. The van der Waals surface area contributed by atoms with Gasteiger partial charge in [0.15, 0.2) is 5.13 Å². The quantitative estimate of drug-likeness (QED) is 0.187. The molecule has 166 valence electrons. The first kappa shape index (κ1) is 22.2. The molecule has 1 heterocycles. The summed E-state index contributed by atoms with van der Waals surface area (Å²) in [5.74, 6) is 0.528. The monoisotopic (exact) mass is 459 g/mol. The number of hydrogen-bond donors (Lipinski definition) is 0. The lowest BCUT2D eigenvalue weighted by Gasteiger charge is -2.18. The number of carbonyl (C=O) groups is 1. The summed E-state index contributed by atoms with van der Waals surface area (Å²) in [5.41, 5.74) is 2.47. The molecule has 0 spiro atoms. The van der Waals surface area contributed by atoms with Crippen molar-refractivity contribution in [1.29, 1.82) is 0 Å². The average molecular weight is 460 g/mol. The number of amides is 1. The fourth-order valence-corrected chi connectivity index (χ4v) is 4.23. The minimum atomic E-state index is -0.454. The number of benzene rings is 3. The number of ether oxygens (including phenoxy) is 1. The van der Waals surface area contributed by atoms with Gasteiger partial charge in [-0.15, -0.1) is 0 Å². The van der Waals surface area contributed by atoms with Gasteiger partial charge in [-0.05, 0) is 54.5 Å². The summed E-state index contributed by atoms with van der Waals surface area (Å²) >= 11 is 1.42. The molecule has 8 heteroatoms. The number of rotatable bonds is 8. The molecule has 4 rings (SSSR count). The van der Waals surface area contributed by atoms with Gasteiger partial charge in [0.1, 0.15) is 5.75 Å². The second-order valence-corrected chi connectivity index (χ2v) is 8.16. The molecule has 0 aliphatic rings. The number of carbonyl (C=O) groups excluding carboxylic acids is 1. The first-order chi connectivity index (χ1) is 16.0. The van der Waals surface area contributed by atoms with Gasteiger partial charge in [0, 0.05) is 18.2 Å². The first-order valence-electron chi connectivity index (χ1n) is 10.3. The largest absolute Gasteiger partial charge is 0.494 e. The Labute approximate surface area is 194 Å². The van der Waals surface area contributed by atoms with Crippen LogP contribution in [-0.4, -0.2) is 22.4 Å². The highest BCUT2D eigenvalue weighted by atomic mass is 32.1. The van der Waals surface area contributed by atoms with E-state index in [1.54, 1.807) is 23.1 Å². The lowest BCUT2D eigenvalue weighted by atomic mass is 10.2. The second kappa shape index (κ2) is 10.1. The molecule has 0 radical (unpaired) electrons. The molecule has 0 aliphatic carbocycles. The van der Waals surface area contributed by atoms with E-state index in [-0.39, 0.29) is 11.6 Å². The van der Waals surface area contributed by atoms with E-state index < -0.39 is 4.92 Å². The fraction of sp³-hybridized carbons (Fsp3) is 0.120.